The largest absolute Gasteiger partial charge is 0.375 e. The van der Waals surface area contributed by atoms with Crippen LogP contribution in [0.5, 0.6) is 0 Å². The van der Waals surface area contributed by atoms with Crippen LogP contribution < -0.4 is 11.3 Å². The highest BCUT2D eigenvalue weighted by Gasteiger charge is 2.42. The molecular formula is C14H28N2O. The number of hydrogen-bond donors (Lipinski definition) is 2. The maximum atomic E-state index is 6.10. The fourth-order valence-electron chi connectivity index (χ4n) is 3.76. The molecule has 100 valence electrons. The van der Waals surface area contributed by atoms with Crippen LogP contribution in [0.3, 0.4) is 0 Å². The Morgan fingerprint density at radius 1 is 1.41 bits per heavy atom. The number of hydrogen-bond acceptors (Lipinski definition) is 3. The number of hydrazine groups is 1. The quantitative estimate of drug-likeness (QED) is 0.586. The van der Waals surface area contributed by atoms with Gasteiger partial charge in [0.05, 0.1) is 5.60 Å². The van der Waals surface area contributed by atoms with Crippen molar-refractivity contribution in [1.29, 1.82) is 0 Å². The molecule has 1 aliphatic heterocycles. The Kier molecular flexibility index (Phi) is 4.45. The van der Waals surface area contributed by atoms with E-state index in [1.54, 1.807) is 0 Å². The Morgan fingerprint density at radius 2 is 2.12 bits per heavy atom. The molecule has 1 saturated heterocycles. The first-order chi connectivity index (χ1) is 8.21. The van der Waals surface area contributed by atoms with Gasteiger partial charge in [0, 0.05) is 12.6 Å². The second-order valence-corrected chi connectivity index (χ2v) is 6.07. The van der Waals surface area contributed by atoms with Crippen LogP contribution in [0.2, 0.25) is 0 Å². The Hall–Kier alpha value is -0.120. The molecule has 1 spiro atoms. The summed E-state index contributed by atoms with van der Waals surface area (Å²) in [7, 11) is 0. The fourth-order valence-corrected chi connectivity index (χ4v) is 3.76. The first-order valence-electron chi connectivity index (χ1n) is 7.31. The lowest BCUT2D eigenvalue weighted by Crippen LogP contribution is -2.50. The molecule has 0 bridgehead atoms. The third-order valence-corrected chi connectivity index (χ3v) is 5.00. The summed E-state index contributed by atoms with van der Waals surface area (Å²) < 4.78 is 6.10. The molecule has 3 nitrogen and oxygen atoms in total. The van der Waals surface area contributed by atoms with Gasteiger partial charge < -0.3 is 4.74 Å². The van der Waals surface area contributed by atoms with E-state index in [2.05, 4.69) is 19.3 Å². The molecule has 0 aromatic carbocycles. The number of rotatable bonds is 4. The highest BCUT2D eigenvalue weighted by Crippen LogP contribution is 2.43. The van der Waals surface area contributed by atoms with Crippen LogP contribution in [0.4, 0.5) is 0 Å². The summed E-state index contributed by atoms with van der Waals surface area (Å²) in [5, 5.41) is 0. The first-order valence-corrected chi connectivity index (χ1v) is 7.31. The smallest absolute Gasteiger partial charge is 0.0685 e. The van der Waals surface area contributed by atoms with Crippen LogP contribution in [0.1, 0.15) is 58.8 Å². The molecule has 2 aliphatic rings. The van der Waals surface area contributed by atoms with Gasteiger partial charge in [0.1, 0.15) is 0 Å². The maximum absolute atomic E-state index is 6.10. The van der Waals surface area contributed by atoms with Crippen LogP contribution >= 0.6 is 0 Å². The first kappa shape index (κ1) is 13.3. The molecule has 17 heavy (non-hydrogen) atoms. The molecule has 3 N–H and O–H groups in total. The molecule has 0 amide bonds. The van der Waals surface area contributed by atoms with Crippen molar-refractivity contribution < 1.29 is 4.74 Å². The van der Waals surface area contributed by atoms with E-state index in [1.165, 1.54) is 44.9 Å². The highest BCUT2D eigenvalue weighted by atomic mass is 16.5. The number of ether oxygens (including phenoxy) is 1. The summed E-state index contributed by atoms with van der Waals surface area (Å²) in [4.78, 5) is 0. The molecule has 3 unspecified atom stereocenters. The highest BCUT2D eigenvalue weighted by molar-refractivity contribution is 4.94. The molecule has 1 aliphatic carbocycles. The van der Waals surface area contributed by atoms with Gasteiger partial charge in [-0.1, -0.05) is 33.1 Å². The standard InChI is InChI=1S/C14H28N2O/c1-3-11(2)13(16-15)12-6-9-17-14(10-12)7-4-5-8-14/h11-13,16H,3-10,15H2,1-2H3. The van der Waals surface area contributed by atoms with E-state index in [0.717, 1.165) is 6.61 Å². The van der Waals surface area contributed by atoms with E-state index in [-0.39, 0.29) is 5.60 Å². The van der Waals surface area contributed by atoms with Gasteiger partial charge in [0.2, 0.25) is 0 Å². The third-order valence-electron chi connectivity index (χ3n) is 5.00. The molecular weight excluding hydrogens is 212 g/mol. The van der Waals surface area contributed by atoms with Crippen LogP contribution in [0.15, 0.2) is 0 Å². The predicted molar refractivity (Wildman–Crippen MR) is 70.4 cm³/mol. The lowest BCUT2D eigenvalue weighted by atomic mass is 9.77. The molecule has 1 heterocycles. The van der Waals surface area contributed by atoms with E-state index in [9.17, 15) is 0 Å². The van der Waals surface area contributed by atoms with Crippen LogP contribution in [0, 0.1) is 11.8 Å². The van der Waals surface area contributed by atoms with Crippen molar-refractivity contribution in [2.75, 3.05) is 6.61 Å². The zero-order valence-electron chi connectivity index (χ0n) is 11.4. The maximum Gasteiger partial charge on any atom is 0.0685 e. The normalized spacial score (nSPS) is 31.6. The molecule has 2 rings (SSSR count). The van der Waals surface area contributed by atoms with E-state index < -0.39 is 0 Å². The van der Waals surface area contributed by atoms with Crippen molar-refractivity contribution in [1.82, 2.24) is 5.43 Å². The molecule has 0 aromatic heterocycles. The lowest BCUT2D eigenvalue weighted by Gasteiger charge is -2.42. The third kappa shape index (κ3) is 2.83. The molecule has 3 atom stereocenters. The van der Waals surface area contributed by atoms with E-state index in [1.807, 2.05) is 0 Å². The van der Waals surface area contributed by atoms with E-state index in [0.29, 0.717) is 17.9 Å². The second-order valence-electron chi connectivity index (χ2n) is 6.07. The topological polar surface area (TPSA) is 47.3 Å². The monoisotopic (exact) mass is 240 g/mol. The molecule has 0 aromatic rings. The lowest BCUT2D eigenvalue weighted by molar-refractivity contribution is -0.101. The van der Waals surface area contributed by atoms with Crippen molar-refractivity contribution in [2.45, 2.75) is 70.4 Å². The summed E-state index contributed by atoms with van der Waals surface area (Å²) in [6, 6.07) is 0.460. The van der Waals surface area contributed by atoms with E-state index in [4.69, 9.17) is 10.6 Å². The van der Waals surface area contributed by atoms with Gasteiger partial charge in [-0.3, -0.25) is 11.3 Å². The van der Waals surface area contributed by atoms with Gasteiger partial charge in [-0.2, -0.15) is 0 Å². The van der Waals surface area contributed by atoms with Gasteiger partial charge in [-0.05, 0) is 37.5 Å². The van der Waals surface area contributed by atoms with Gasteiger partial charge in [-0.15, -0.1) is 0 Å². The number of nitrogens with two attached hydrogens (primary N) is 1. The van der Waals surface area contributed by atoms with Crippen molar-refractivity contribution in [3.63, 3.8) is 0 Å². The summed E-state index contributed by atoms with van der Waals surface area (Å²) in [6.07, 6.45) is 8.79. The fraction of sp³-hybridized carbons (Fsp3) is 1.00. The SMILES string of the molecule is CCC(C)C(NN)C1CCOC2(CCCC2)C1. The Labute approximate surface area is 105 Å². The average Bonchev–Trinajstić information content (AvgIpc) is 2.78. The van der Waals surface area contributed by atoms with Gasteiger partial charge in [0.15, 0.2) is 0 Å². The minimum absolute atomic E-state index is 0.214. The van der Waals surface area contributed by atoms with E-state index >= 15 is 0 Å². The Morgan fingerprint density at radius 3 is 2.71 bits per heavy atom. The van der Waals surface area contributed by atoms with Crippen LogP contribution in [0.25, 0.3) is 0 Å². The van der Waals surface area contributed by atoms with Crippen molar-refractivity contribution in [3.8, 4) is 0 Å². The molecule has 2 fully saturated rings. The van der Waals surface area contributed by atoms with Crippen molar-refractivity contribution in [3.05, 3.63) is 0 Å². The van der Waals surface area contributed by atoms with Gasteiger partial charge in [-0.25, -0.2) is 0 Å². The second kappa shape index (κ2) is 5.68. The van der Waals surface area contributed by atoms with Crippen LogP contribution in [-0.4, -0.2) is 18.2 Å². The average molecular weight is 240 g/mol. The molecule has 1 saturated carbocycles. The van der Waals surface area contributed by atoms with Gasteiger partial charge in [0.25, 0.3) is 0 Å². The molecule has 0 radical (unpaired) electrons. The Balaban J connectivity index is 2.00. The Bertz CT molecular complexity index is 238. The minimum Gasteiger partial charge on any atom is -0.375 e. The summed E-state index contributed by atoms with van der Waals surface area (Å²) in [5.74, 6) is 7.13. The summed E-state index contributed by atoms with van der Waals surface area (Å²) >= 11 is 0. The predicted octanol–water partition coefficient (Wildman–Crippen LogP) is 2.60. The van der Waals surface area contributed by atoms with Crippen molar-refractivity contribution >= 4 is 0 Å². The summed E-state index contributed by atoms with van der Waals surface area (Å²) in [6.45, 7) is 5.49. The zero-order valence-corrected chi connectivity index (χ0v) is 11.4. The molecule has 3 heteroatoms. The summed E-state index contributed by atoms with van der Waals surface area (Å²) in [5.41, 5.74) is 3.29. The van der Waals surface area contributed by atoms with Crippen molar-refractivity contribution in [2.24, 2.45) is 17.7 Å². The van der Waals surface area contributed by atoms with Gasteiger partial charge >= 0.3 is 0 Å². The van der Waals surface area contributed by atoms with Crippen LogP contribution in [-0.2, 0) is 4.74 Å². The number of nitrogens with one attached hydrogen (secondary N) is 1. The minimum atomic E-state index is 0.214. The zero-order chi connectivity index (χ0) is 12.3.